The van der Waals surface area contributed by atoms with E-state index in [9.17, 15) is 18.0 Å². The zero-order valence-corrected chi connectivity index (χ0v) is 24.1. The summed E-state index contributed by atoms with van der Waals surface area (Å²) in [6.07, 6.45) is 0.331. The lowest BCUT2D eigenvalue weighted by atomic mass is 10.1. The topological polar surface area (TPSA) is 96.0 Å². The van der Waals surface area contributed by atoms with Crippen LogP contribution in [0.3, 0.4) is 0 Å². The Morgan fingerprint density at radius 1 is 0.949 bits per heavy atom. The van der Waals surface area contributed by atoms with Crippen LogP contribution >= 0.6 is 11.6 Å². The number of hydrogen-bond acceptors (Lipinski definition) is 5. The van der Waals surface area contributed by atoms with Crippen LogP contribution in [0.2, 0.25) is 5.02 Å². The van der Waals surface area contributed by atoms with E-state index >= 15 is 0 Å². The van der Waals surface area contributed by atoms with Crippen LogP contribution in [0.1, 0.15) is 32.8 Å². The Labute approximate surface area is 235 Å². The first-order chi connectivity index (χ1) is 18.6. The monoisotopic (exact) mass is 571 g/mol. The fraction of sp³-hybridized carbons (Fsp3) is 0.310. The van der Waals surface area contributed by atoms with Crippen molar-refractivity contribution in [2.75, 3.05) is 18.0 Å². The molecule has 0 saturated heterocycles. The maximum atomic E-state index is 14.0. The van der Waals surface area contributed by atoms with Gasteiger partial charge in [0.05, 0.1) is 17.7 Å². The number of para-hydroxylation sites is 2. The molecule has 3 aromatic carbocycles. The summed E-state index contributed by atoms with van der Waals surface area (Å²) in [4.78, 5) is 28.7. The molecule has 0 spiro atoms. The van der Waals surface area contributed by atoms with Crippen molar-refractivity contribution < 1.29 is 22.7 Å². The number of anilines is 1. The molecule has 8 nitrogen and oxygen atoms in total. The Kier molecular flexibility index (Phi) is 10.4. The van der Waals surface area contributed by atoms with Gasteiger partial charge >= 0.3 is 0 Å². The summed E-state index contributed by atoms with van der Waals surface area (Å²) in [5.74, 6) is -0.565. The number of carbonyl (C=O) groups is 2. The molecular formula is C29H34ClN3O5S. The van der Waals surface area contributed by atoms with Crippen LogP contribution in [-0.2, 0) is 26.2 Å². The van der Waals surface area contributed by atoms with Crippen LogP contribution < -0.4 is 14.4 Å². The first-order valence-electron chi connectivity index (χ1n) is 12.6. The summed E-state index contributed by atoms with van der Waals surface area (Å²) in [7, 11) is -2.74. The second kappa shape index (κ2) is 13.5. The van der Waals surface area contributed by atoms with Crippen LogP contribution in [-0.4, -0.2) is 50.9 Å². The van der Waals surface area contributed by atoms with Gasteiger partial charge in [0.2, 0.25) is 11.8 Å². The van der Waals surface area contributed by atoms with E-state index in [1.54, 1.807) is 66.7 Å². The number of hydrogen-bond donors (Lipinski definition) is 1. The summed E-state index contributed by atoms with van der Waals surface area (Å²) < 4.78 is 34.2. The highest BCUT2D eigenvalue weighted by atomic mass is 35.5. The van der Waals surface area contributed by atoms with Crippen molar-refractivity contribution in [2.24, 2.45) is 0 Å². The molecule has 0 aliphatic carbocycles. The van der Waals surface area contributed by atoms with Gasteiger partial charge in [-0.15, -0.1) is 0 Å². The number of nitrogens with zero attached hydrogens (tertiary/aromatic N) is 2. The minimum atomic E-state index is -4.18. The summed E-state index contributed by atoms with van der Waals surface area (Å²) in [6, 6.07) is 20.5. The van der Waals surface area contributed by atoms with Crippen molar-refractivity contribution in [2.45, 2.75) is 50.7 Å². The Bertz CT molecular complexity index is 1370. The predicted octanol–water partition coefficient (Wildman–Crippen LogP) is 4.88. The number of rotatable bonds is 12. The van der Waals surface area contributed by atoms with E-state index in [0.717, 1.165) is 9.87 Å². The highest BCUT2D eigenvalue weighted by molar-refractivity contribution is 7.92. The third-order valence-corrected chi connectivity index (χ3v) is 8.07. The smallest absolute Gasteiger partial charge is 0.264 e. The van der Waals surface area contributed by atoms with E-state index in [4.69, 9.17) is 16.3 Å². The van der Waals surface area contributed by atoms with E-state index < -0.39 is 28.5 Å². The number of amides is 2. The minimum absolute atomic E-state index is 0.0255. The number of methoxy groups -OCH3 is 1. The fourth-order valence-electron chi connectivity index (χ4n) is 4.16. The van der Waals surface area contributed by atoms with Gasteiger partial charge < -0.3 is 15.0 Å². The molecule has 2 amide bonds. The molecule has 1 atom stereocenters. The van der Waals surface area contributed by atoms with E-state index in [1.807, 2.05) is 20.8 Å². The number of halogens is 1. The number of ether oxygens (including phenoxy) is 1. The van der Waals surface area contributed by atoms with Crippen LogP contribution in [0.15, 0.2) is 83.8 Å². The molecule has 3 aromatic rings. The predicted molar refractivity (Wildman–Crippen MR) is 153 cm³/mol. The lowest BCUT2D eigenvalue weighted by Crippen LogP contribution is -2.53. The van der Waals surface area contributed by atoms with Crippen molar-refractivity contribution in [3.63, 3.8) is 0 Å². The van der Waals surface area contributed by atoms with Crippen molar-refractivity contribution in [1.82, 2.24) is 10.2 Å². The number of benzene rings is 3. The number of sulfonamides is 1. The second-order valence-electron chi connectivity index (χ2n) is 9.23. The van der Waals surface area contributed by atoms with Crippen molar-refractivity contribution >= 4 is 39.1 Å². The summed E-state index contributed by atoms with van der Waals surface area (Å²) in [6.45, 7) is 5.03. The van der Waals surface area contributed by atoms with Crippen molar-refractivity contribution in [3.8, 4) is 5.75 Å². The second-order valence-corrected chi connectivity index (χ2v) is 11.5. The molecule has 0 fully saturated rings. The van der Waals surface area contributed by atoms with Crippen molar-refractivity contribution in [3.05, 3.63) is 89.4 Å². The SMILES string of the molecule is CCC(C(=O)NC(C)C)N(Cc1ccc(Cl)cc1)C(=O)CN(c1ccccc1OC)S(=O)(=O)c1ccccc1. The van der Waals surface area contributed by atoms with Gasteiger partial charge in [0.15, 0.2) is 0 Å². The maximum absolute atomic E-state index is 14.0. The van der Waals surface area contributed by atoms with Crippen LogP contribution in [0.4, 0.5) is 5.69 Å². The molecule has 0 aromatic heterocycles. The zero-order chi connectivity index (χ0) is 28.6. The first kappa shape index (κ1) is 30.0. The average Bonchev–Trinajstić information content (AvgIpc) is 2.92. The third kappa shape index (κ3) is 7.52. The van der Waals surface area contributed by atoms with E-state index in [2.05, 4.69) is 5.32 Å². The summed E-state index contributed by atoms with van der Waals surface area (Å²) in [5, 5.41) is 3.42. The molecule has 0 bridgehead atoms. The molecule has 0 aliphatic heterocycles. The van der Waals surface area contributed by atoms with Crippen LogP contribution in [0.5, 0.6) is 5.75 Å². The molecule has 0 saturated carbocycles. The van der Waals surface area contributed by atoms with Crippen molar-refractivity contribution in [1.29, 1.82) is 0 Å². The van der Waals surface area contributed by atoms with E-state index in [-0.39, 0.29) is 29.1 Å². The number of carbonyl (C=O) groups excluding carboxylic acids is 2. The minimum Gasteiger partial charge on any atom is -0.495 e. The Morgan fingerprint density at radius 3 is 2.15 bits per heavy atom. The van der Waals surface area contributed by atoms with Crippen LogP contribution in [0.25, 0.3) is 0 Å². The maximum Gasteiger partial charge on any atom is 0.264 e. The van der Waals surface area contributed by atoms with Gasteiger partial charge in [0.1, 0.15) is 18.3 Å². The summed E-state index contributed by atoms with van der Waals surface area (Å²) in [5.41, 5.74) is 0.960. The highest BCUT2D eigenvalue weighted by Crippen LogP contribution is 2.32. The van der Waals surface area contributed by atoms with Gasteiger partial charge in [0, 0.05) is 17.6 Å². The fourth-order valence-corrected chi connectivity index (χ4v) is 5.73. The van der Waals surface area contributed by atoms with E-state index in [1.165, 1.54) is 24.1 Å². The highest BCUT2D eigenvalue weighted by Gasteiger charge is 2.34. The first-order valence-corrected chi connectivity index (χ1v) is 14.4. The number of nitrogens with one attached hydrogen (secondary N) is 1. The molecule has 0 aliphatic rings. The molecule has 0 heterocycles. The van der Waals surface area contributed by atoms with E-state index in [0.29, 0.717) is 17.2 Å². The summed E-state index contributed by atoms with van der Waals surface area (Å²) >= 11 is 6.05. The molecule has 3 rings (SSSR count). The molecular weight excluding hydrogens is 538 g/mol. The lowest BCUT2D eigenvalue weighted by Gasteiger charge is -2.33. The molecule has 208 valence electrons. The van der Waals surface area contributed by atoms with Gasteiger partial charge in [-0.25, -0.2) is 8.42 Å². The van der Waals surface area contributed by atoms with Gasteiger partial charge in [-0.1, -0.05) is 61.0 Å². The van der Waals surface area contributed by atoms with Gasteiger partial charge in [0.25, 0.3) is 10.0 Å². The largest absolute Gasteiger partial charge is 0.495 e. The van der Waals surface area contributed by atoms with Crippen LogP contribution in [0, 0.1) is 0 Å². The molecule has 1 N–H and O–H groups in total. The standard InChI is InChI=1S/C29H34ClN3O5S/c1-5-25(29(35)31-21(2)3)32(19-22-15-17-23(30)18-16-22)28(34)20-33(26-13-9-10-14-27(26)38-4)39(36,37)24-11-7-6-8-12-24/h6-18,21,25H,5,19-20H2,1-4H3,(H,31,35). The molecule has 0 radical (unpaired) electrons. The molecule has 1 unspecified atom stereocenters. The Morgan fingerprint density at radius 2 is 1.56 bits per heavy atom. The van der Waals surface area contributed by atoms with Gasteiger partial charge in [-0.3, -0.25) is 13.9 Å². The lowest BCUT2D eigenvalue weighted by molar-refractivity contribution is -0.140. The molecule has 10 heteroatoms. The quantitative estimate of drug-likeness (QED) is 0.334. The average molecular weight is 572 g/mol. The van der Waals surface area contributed by atoms with Gasteiger partial charge in [-0.2, -0.15) is 0 Å². The normalized spacial score (nSPS) is 12.1. The molecule has 39 heavy (non-hydrogen) atoms. The third-order valence-electron chi connectivity index (χ3n) is 6.05. The zero-order valence-electron chi connectivity index (χ0n) is 22.5. The Hall–Kier alpha value is -3.56. The Balaban J connectivity index is 2.08. The van der Waals surface area contributed by atoms with Gasteiger partial charge in [-0.05, 0) is 62.2 Å².